The van der Waals surface area contributed by atoms with E-state index in [1.54, 1.807) is 6.07 Å². The summed E-state index contributed by atoms with van der Waals surface area (Å²) >= 11 is 5.79. The molecule has 0 spiro atoms. The largest absolute Gasteiger partial charge is 0.468 e. The summed E-state index contributed by atoms with van der Waals surface area (Å²) in [6.45, 7) is -0.144. The minimum Gasteiger partial charge on any atom is -0.468 e. The molecule has 1 aromatic carbocycles. The topological polar surface area (TPSA) is 83.9 Å². The predicted molar refractivity (Wildman–Crippen MR) is 71.8 cm³/mol. The van der Waals surface area contributed by atoms with Crippen molar-refractivity contribution in [2.75, 3.05) is 13.7 Å². The summed E-state index contributed by atoms with van der Waals surface area (Å²) in [5.74, 6) is -0.688. The summed E-state index contributed by atoms with van der Waals surface area (Å²) in [5.41, 5.74) is 0. The van der Waals surface area contributed by atoms with Gasteiger partial charge in [-0.3, -0.25) is 4.79 Å². The highest BCUT2D eigenvalue weighted by Gasteiger charge is 2.44. The molecule has 1 N–H and O–H groups in total. The van der Waals surface area contributed by atoms with Gasteiger partial charge in [0.25, 0.3) is 0 Å². The number of hydrogen-bond donors (Lipinski definition) is 1. The highest BCUT2D eigenvalue weighted by atomic mass is 35.5. The lowest BCUT2D eigenvalue weighted by Crippen LogP contribution is -2.41. The van der Waals surface area contributed by atoms with E-state index in [0.717, 1.165) is 4.31 Å². The molecule has 0 aromatic heterocycles. The molecular formula is C12H14ClNO5S. The van der Waals surface area contributed by atoms with Crippen molar-refractivity contribution in [2.45, 2.75) is 23.5 Å². The van der Waals surface area contributed by atoms with E-state index in [1.165, 1.54) is 25.3 Å². The zero-order valence-electron chi connectivity index (χ0n) is 10.7. The molecule has 0 bridgehead atoms. The molecule has 1 fully saturated rings. The molecule has 2 atom stereocenters. The van der Waals surface area contributed by atoms with Gasteiger partial charge in [-0.1, -0.05) is 17.7 Å². The van der Waals surface area contributed by atoms with Crippen LogP contribution in [0, 0.1) is 0 Å². The van der Waals surface area contributed by atoms with Crippen LogP contribution in [0.2, 0.25) is 5.02 Å². The number of hydrogen-bond acceptors (Lipinski definition) is 5. The van der Waals surface area contributed by atoms with Crippen molar-refractivity contribution in [2.24, 2.45) is 0 Å². The van der Waals surface area contributed by atoms with Gasteiger partial charge in [-0.25, -0.2) is 8.42 Å². The van der Waals surface area contributed by atoms with E-state index < -0.39 is 28.1 Å². The number of sulfonamides is 1. The van der Waals surface area contributed by atoms with Crippen LogP contribution in [0.5, 0.6) is 0 Å². The first-order chi connectivity index (χ1) is 9.36. The van der Waals surface area contributed by atoms with Crippen LogP contribution in [0.15, 0.2) is 29.2 Å². The van der Waals surface area contributed by atoms with Crippen molar-refractivity contribution < 1.29 is 23.1 Å². The lowest BCUT2D eigenvalue weighted by molar-refractivity contribution is -0.144. The molecule has 6 nitrogen and oxygen atoms in total. The summed E-state index contributed by atoms with van der Waals surface area (Å²) in [5, 5.41) is 9.92. The van der Waals surface area contributed by atoms with E-state index in [-0.39, 0.29) is 22.9 Å². The molecular weight excluding hydrogens is 306 g/mol. The molecule has 0 radical (unpaired) electrons. The average Bonchev–Trinajstić information content (AvgIpc) is 2.80. The first-order valence-corrected chi connectivity index (χ1v) is 7.71. The molecule has 1 aliphatic heterocycles. The minimum absolute atomic E-state index is 0.0203. The molecule has 20 heavy (non-hydrogen) atoms. The number of nitrogens with zero attached hydrogens (tertiary/aromatic N) is 1. The van der Waals surface area contributed by atoms with E-state index in [4.69, 9.17) is 11.6 Å². The van der Waals surface area contributed by atoms with Crippen molar-refractivity contribution >= 4 is 27.6 Å². The molecule has 0 saturated carbocycles. The summed E-state index contributed by atoms with van der Waals surface area (Å²) in [7, 11) is -2.73. The number of aliphatic hydroxyl groups excluding tert-OH is 1. The lowest BCUT2D eigenvalue weighted by atomic mass is 10.2. The van der Waals surface area contributed by atoms with Crippen molar-refractivity contribution in [3.63, 3.8) is 0 Å². The van der Waals surface area contributed by atoms with Crippen LogP contribution in [0.4, 0.5) is 0 Å². The highest BCUT2D eigenvalue weighted by Crippen LogP contribution is 2.28. The Labute approximate surface area is 122 Å². The van der Waals surface area contributed by atoms with Crippen molar-refractivity contribution in [1.82, 2.24) is 4.31 Å². The number of aliphatic hydroxyl groups is 1. The Bertz CT molecular complexity index is 618. The van der Waals surface area contributed by atoms with Crippen LogP contribution >= 0.6 is 11.6 Å². The number of ether oxygens (including phenoxy) is 1. The first-order valence-electron chi connectivity index (χ1n) is 5.89. The Balaban J connectivity index is 2.40. The molecule has 1 aliphatic rings. The van der Waals surface area contributed by atoms with Gasteiger partial charge in [0.2, 0.25) is 10.0 Å². The van der Waals surface area contributed by atoms with Crippen molar-refractivity contribution in [1.29, 1.82) is 0 Å². The number of methoxy groups -OCH3 is 1. The van der Waals surface area contributed by atoms with Gasteiger partial charge in [0.1, 0.15) is 6.04 Å². The van der Waals surface area contributed by atoms with Gasteiger partial charge in [-0.2, -0.15) is 4.31 Å². The summed E-state index contributed by atoms with van der Waals surface area (Å²) in [4.78, 5) is 11.6. The van der Waals surface area contributed by atoms with Crippen LogP contribution in [0.3, 0.4) is 0 Å². The molecule has 0 aliphatic carbocycles. The molecule has 1 saturated heterocycles. The van der Waals surface area contributed by atoms with E-state index in [0.29, 0.717) is 0 Å². The first kappa shape index (κ1) is 15.2. The van der Waals surface area contributed by atoms with Gasteiger partial charge in [0.05, 0.1) is 18.1 Å². The number of rotatable bonds is 3. The van der Waals surface area contributed by atoms with E-state index in [1.807, 2.05) is 0 Å². The number of esters is 1. The monoisotopic (exact) mass is 319 g/mol. The van der Waals surface area contributed by atoms with E-state index in [2.05, 4.69) is 4.74 Å². The SMILES string of the molecule is COC(=O)[C@@H]1C[C@H](O)CN1S(=O)(=O)c1cccc(Cl)c1. The number of halogens is 1. The Hall–Kier alpha value is -1.15. The van der Waals surface area contributed by atoms with Gasteiger partial charge in [-0.15, -0.1) is 0 Å². The third-order valence-corrected chi connectivity index (χ3v) is 5.22. The van der Waals surface area contributed by atoms with Crippen LogP contribution in [0.1, 0.15) is 6.42 Å². The van der Waals surface area contributed by atoms with E-state index >= 15 is 0 Å². The molecule has 0 unspecified atom stereocenters. The fourth-order valence-electron chi connectivity index (χ4n) is 2.16. The summed E-state index contributed by atoms with van der Waals surface area (Å²) in [6.07, 6.45) is -0.875. The van der Waals surface area contributed by atoms with Crippen LogP contribution in [-0.4, -0.2) is 49.6 Å². The lowest BCUT2D eigenvalue weighted by Gasteiger charge is -2.21. The normalized spacial score (nSPS) is 23.8. The van der Waals surface area contributed by atoms with Gasteiger partial charge >= 0.3 is 5.97 Å². The number of carbonyl (C=O) groups is 1. The quantitative estimate of drug-likeness (QED) is 0.826. The van der Waals surface area contributed by atoms with Gasteiger partial charge in [0, 0.05) is 18.0 Å². The molecule has 1 heterocycles. The predicted octanol–water partition coefficient (Wildman–Crippen LogP) is 0.637. The second-order valence-electron chi connectivity index (χ2n) is 4.46. The highest BCUT2D eigenvalue weighted by molar-refractivity contribution is 7.89. The maximum atomic E-state index is 12.5. The van der Waals surface area contributed by atoms with Crippen LogP contribution in [0.25, 0.3) is 0 Å². The van der Waals surface area contributed by atoms with Gasteiger partial charge < -0.3 is 9.84 Å². The maximum absolute atomic E-state index is 12.5. The van der Waals surface area contributed by atoms with Crippen molar-refractivity contribution in [3.8, 4) is 0 Å². The zero-order chi connectivity index (χ0) is 14.9. The standard InChI is InChI=1S/C12H14ClNO5S/c1-19-12(16)11-6-9(15)7-14(11)20(17,18)10-4-2-3-8(13)5-10/h2-5,9,11,15H,6-7H2,1H3/t9-,11-/m0/s1. The minimum atomic E-state index is -3.91. The third-order valence-electron chi connectivity index (χ3n) is 3.11. The summed E-state index contributed by atoms with van der Waals surface area (Å²) in [6, 6.07) is 4.74. The summed E-state index contributed by atoms with van der Waals surface area (Å²) < 4.78 is 30.6. The van der Waals surface area contributed by atoms with Crippen LogP contribution < -0.4 is 0 Å². The molecule has 8 heteroatoms. The van der Waals surface area contributed by atoms with E-state index in [9.17, 15) is 18.3 Å². The Morgan fingerprint density at radius 2 is 2.20 bits per heavy atom. The number of benzene rings is 1. The number of β-amino-alcohol motifs (C(OH)–C–C–N with tert-alkyl or cyclic N) is 1. The molecule has 2 rings (SSSR count). The maximum Gasteiger partial charge on any atom is 0.324 e. The van der Waals surface area contributed by atoms with Crippen molar-refractivity contribution in [3.05, 3.63) is 29.3 Å². The molecule has 0 amide bonds. The Kier molecular flexibility index (Phi) is 4.33. The Morgan fingerprint density at radius 1 is 1.50 bits per heavy atom. The van der Waals surface area contributed by atoms with Crippen LogP contribution in [-0.2, 0) is 19.6 Å². The zero-order valence-corrected chi connectivity index (χ0v) is 12.3. The van der Waals surface area contributed by atoms with Gasteiger partial charge in [-0.05, 0) is 18.2 Å². The molecule has 1 aromatic rings. The van der Waals surface area contributed by atoms with Gasteiger partial charge in [0.15, 0.2) is 0 Å². The fourth-order valence-corrected chi connectivity index (χ4v) is 4.09. The second-order valence-corrected chi connectivity index (χ2v) is 6.79. The smallest absolute Gasteiger partial charge is 0.324 e. The number of carbonyl (C=O) groups excluding carboxylic acids is 1. The fraction of sp³-hybridized carbons (Fsp3) is 0.417. The second kappa shape index (κ2) is 5.69. The molecule has 110 valence electrons. The Morgan fingerprint density at radius 3 is 2.80 bits per heavy atom. The third kappa shape index (κ3) is 2.80. The average molecular weight is 320 g/mol.